The van der Waals surface area contributed by atoms with Crippen LogP contribution in [0.2, 0.25) is 0 Å². The maximum absolute atomic E-state index is 13.3. The van der Waals surface area contributed by atoms with E-state index in [-0.39, 0.29) is 5.78 Å². The number of carbonyl (C=O) groups excluding carboxylic acids is 1. The number of hydrogen-bond donors (Lipinski definition) is 0. The van der Waals surface area contributed by atoms with E-state index in [1.54, 1.807) is 12.2 Å². The third-order valence-corrected chi connectivity index (χ3v) is 5.23. The Labute approximate surface area is 197 Å². The Morgan fingerprint density at radius 2 is 1.61 bits per heavy atom. The van der Waals surface area contributed by atoms with Crippen LogP contribution in [-0.4, -0.2) is 44.5 Å². The third kappa shape index (κ3) is 6.80. The van der Waals surface area contributed by atoms with Gasteiger partial charge in [0.2, 0.25) is 0 Å². The minimum absolute atomic E-state index is 0.104. The Bertz CT molecular complexity index is 1110. The van der Waals surface area contributed by atoms with E-state index in [1.807, 2.05) is 63.5 Å². The average Bonchev–Trinajstić information content (AvgIpc) is 2.78. The first-order chi connectivity index (χ1) is 15.9. The van der Waals surface area contributed by atoms with Gasteiger partial charge in [0.1, 0.15) is 18.1 Å². The number of nitrogens with zero attached hydrogens (tertiary/aromatic N) is 1. The van der Waals surface area contributed by atoms with Crippen molar-refractivity contribution in [2.24, 2.45) is 0 Å². The van der Waals surface area contributed by atoms with E-state index in [9.17, 15) is 4.79 Å². The van der Waals surface area contributed by atoms with Crippen molar-refractivity contribution in [3.8, 4) is 22.6 Å². The molecule has 4 heteroatoms. The molecule has 0 aromatic heterocycles. The van der Waals surface area contributed by atoms with Gasteiger partial charge in [0.05, 0.1) is 12.2 Å². The predicted molar refractivity (Wildman–Crippen MR) is 136 cm³/mol. The molecule has 4 nitrogen and oxygen atoms in total. The van der Waals surface area contributed by atoms with Crippen molar-refractivity contribution >= 4 is 11.9 Å². The summed E-state index contributed by atoms with van der Waals surface area (Å²) < 4.78 is 11.7. The normalized spacial score (nSPS) is 11.2. The largest absolute Gasteiger partial charge is 0.493 e. The zero-order valence-electron chi connectivity index (χ0n) is 20.2. The molecule has 0 aliphatic heterocycles. The molecule has 0 unspecified atom stereocenters. The van der Waals surface area contributed by atoms with Gasteiger partial charge in [-0.3, -0.25) is 4.79 Å². The molecule has 3 rings (SSSR count). The van der Waals surface area contributed by atoms with Crippen molar-refractivity contribution in [1.82, 2.24) is 4.90 Å². The van der Waals surface area contributed by atoms with E-state index >= 15 is 0 Å². The number of rotatable bonds is 10. The van der Waals surface area contributed by atoms with Gasteiger partial charge < -0.3 is 14.4 Å². The number of benzene rings is 3. The van der Waals surface area contributed by atoms with Crippen molar-refractivity contribution in [1.29, 1.82) is 0 Å². The highest BCUT2D eigenvalue weighted by atomic mass is 16.5. The Hall–Kier alpha value is -3.37. The highest BCUT2D eigenvalue weighted by Gasteiger charge is 2.14. The average molecular weight is 444 g/mol. The zero-order chi connectivity index (χ0) is 23.8. The summed E-state index contributed by atoms with van der Waals surface area (Å²) in [6, 6.07) is 20.0. The van der Waals surface area contributed by atoms with Crippen LogP contribution < -0.4 is 9.47 Å². The number of ether oxygens (including phenoxy) is 2. The molecule has 33 heavy (non-hydrogen) atoms. The van der Waals surface area contributed by atoms with Gasteiger partial charge >= 0.3 is 0 Å². The van der Waals surface area contributed by atoms with Crippen LogP contribution in [-0.2, 0) is 0 Å². The van der Waals surface area contributed by atoms with Crippen LogP contribution >= 0.6 is 0 Å². The number of likely N-dealkylation sites (N-methyl/N-ethyl adjacent to an activating group) is 1. The second-order valence-electron chi connectivity index (χ2n) is 8.41. The van der Waals surface area contributed by atoms with E-state index in [2.05, 4.69) is 36.9 Å². The van der Waals surface area contributed by atoms with Crippen LogP contribution in [0.4, 0.5) is 0 Å². The van der Waals surface area contributed by atoms with Gasteiger partial charge in [0, 0.05) is 12.1 Å². The molecule has 0 saturated heterocycles. The standard InChI is InChI=1S/C29H33NO3/c1-6-32-28-10-8-7-9-23(28)11-13-27(31)26-20-24(25-18-21(2)17-22(3)19-25)12-14-29(26)33-16-15-30(4)5/h7-14,17-20H,6,15-16H2,1-5H3. The van der Waals surface area contributed by atoms with Crippen molar-refractivity contribution < 1.29 is 14.3 Å². The molecule has 0 aliphatic carbocycles. The lowest BCUT2D eigenvalue weighted by molar-refractivity contribution is 0.104. The topological polar surface area (TPSA) is 38.8 Å². The summed E-state index contributed by atoms with van der Waals surface area (Å²) in [5, 5.41) is 0. The summed E-state index contributed by atoms with van der Waals surface area (Å²) in [7, 11) is 3.99. The van der Waals surface area contributed by atoms with Crippen LogP contribution in [0.25, 0.3) is 17.2 Å². The highest BCUT2D eigenvalue weighted by Crippen LogP contribution is 2.29. The molecule has 0 heterocycles. The second-order valence-corrected chi connectivity index (χ2v) is 8.41. The minimum atomic E-state index is -0.104. The van der Waals surface area contributed by atoms with Crippen LogP contribution in [0.5, 0.6) is 11.5 Å². The van der Waals surface area contributed by atoms with Crippen molar-refractivity contribution in [3.63, 3.8) is 0 Å². The fourth-order valence-corrected chi connectivity index (χ4v) is 3.67. The molecule has 0 saturated carbocycles. The smallest absolute Gasteiger partial charge is 0.189 e. The van der Waals surface area contributed by atoms with Crippen LogP contribution in [0.1, 0.15) is 34.0 Å². The quantitative estimate of drug-likeness (QED) is 0.276. The van der Waals surface area contributed by atoms with Gasteiger partial charge in [-0.2, -0.15) is 0 Å². The maximum atomic E-state index is 13.3. The molecule has 0 N–H and O–H groups in total. The summed E-state index contributed by atoms with van der Waals surface area (Å²) in [5.74, 6) is 1.25. The SMILES string of the molecule is CCOc1ccccc1C=CC(=O)c1cc(-c2cc(C)cc(C)c2)ccc1OCCN(C)C. The molecule has 3 aromatic carbocycles. The first kappa shape index (κ1) is 24.3. The molecule has 3 aromatic rings. The fraction of sp³-hybridized carbons (Fsp3) is 0.276. The minimum Gasteiger partial charge on any atom is -0.493 e. The van der Waals surface area contributed by atoms with Crippen LogP contribution in [0.3, 0.4) is 0 Å². The van der Waals surface area contributed by atoms with Crippen molar-refractivity contribution in [2.75, 3.05) is 33.9 Å². The lowest BCUT2D eigenvalue weighted by atomic mass is 9.97. The molecule has 0 bridgehead atoms. The number of para-hydroxylation sites is 1. The van der Waals surface area contributed by atoms with Gasteiger partial charge in [-0.05, 0) is 76.3 Å². The second kappa shape index (κ2) is 11.5. The van der Waals surface area contributed by atoms with Crippen LogP contribution in [0, 0.1) is 13.8 Å². The summed E-state index contributed by atoms with van der Waals surface area (Å²) >= 11 is 0. The van der Waals surface area contributed by atoms with Crippen LogP contribution in [0.15, 0.2) is 66.7 Å². The van der Waals surface area contributed by atoms with E-state index < -0.39 is 0 Å². The first-order valence-electron chi connectivity index (χ1n) is 11.3. The fourth-order valence-electron chi connectivity index (χ4n) is 3.67. The predicted octanol–water partition coefficient (Wildman–Crippen LogP) is 6.21. The molecule has 172 valence electrons. The van der Waals surface area contributed by atoms with Gasteiger partial charge in [-0.25, -0.2) is 0 Å². The van der Waals surface area contributed by atoms with Crippen molar-refractivity contribution in [3.05, 3.63) is 89.0 Å². The van der Waals surface area contributed by atoms with E-state index in [4.69, 9.17) is 9.47 Å². The molecule has 0 atom stereocenters. The maximum Gasteiger partial charge on any atom is 0.189 e. The summed E-state index contributed by atoms with van der Waals surface area (Å²) in [6.07, 6.45) is 3.40. The molecule has 0 spiro atoms. The molecular formula is C29H33NO3. The molecule has 0 radical (unpaired) electrons. The van der Waals surface area contributed by atoms with E-state index in [1.165, 1.54) is 11.1 Å². The lowest BCUT2D eigenvalue weighted by Crippen LogP contribution is -2.20. The van der Waals surface area contributed by atoms with Gasteiger partial charge in [0.15, 0.2) is 5.78 Å². The summed E-state index contributed by atoms with van der Waals surface area (Å²) in [4.78, 5) is 15.4. The Balaban J connectivity index is 1.96. The number of allylic oxidation sites excluding steroid dienone is 1. The van der Waals surface area contributed by atoms with Gasteiger partial charge in [0.25, 0.3) is 0 Å². The zero-order valence-corrected chi connectivity index (χ0v) is 20.2. The Kier molecular flexibility index (Phi) is 8.45. The van der Waals surface area contributed by atoms with Gasteiger partial charge in [-0.1, -0.05) is 53.6 Å². The van der Waals surface area contributed by atoms with E-state index in [0.717, 1.165) is 29.0 Å². The lowest BCUT2D eigenvalue weighted by Gasteiger charge is -2.15. The Morgan fingerprint density at radius 1 is 0.879 bits per heavy atom. The third-order valence-electron chi connectivity index (χ3n) is 5.23. The summed E-state index contributed by atoms with van der Waals surface area (Å²) in [5.41, 5.74) is 5.89. The van der Waals surface area contributed by atoms with E-state index in [0.29, 0.717) is 24.5 Å². The van der Waals surface area contributed by atoms with Crippen molar-refractivity contribution in [2.45, 2.75) is 20.8 Å². The van der Waals surface area contributed by atoms with Gasteiger partial charge in [-0.15, -0.1) is 0 Å². The number of aryl methyl sites for hydroxylation is 2. The Morgan fingerprint density at radius 3 is 2.30 bits per heavy atom. The monoisotopic (exact) mass is 443 g/mol. The number of hydrogen-bond acceptors (Lipinski definition) is 4. The molecule has 0 aliphatic rings. The number of ketones is 1. The summed E-state index contributed by atoms with van der Waals surface area (Å²) in [6.45, 7) is 7.96. The first-order valence-corrected chi connectivity index (χ1v) is 11.3. The number of carbonyl (C=O) groups is 1. The molecular weight excluding hydrogens is 410 g/mol. The molecule has 0 fully saturated rings. The molecule has 0 amide bonds. The highest BCUT2D eigenvalue weighted by molar-refractivity contribution is 6.09.